The van der Waals surface area contributed by atoms with Crippen molar-refractivity contribution in [3.8, 4) is 0 Å². The zero-order valence-electron chi connectivity index (χ0n) is 14.3. The molecule has 0 radical (unpaired) electrons. The number of benzene rings is 1. The summed E-state index contributed by atoms with van der Waals surface area (Å²) in [5.41, 5.74) is 2.18. The van der Waals surface area contributed by atoms with Crippen molar-refractivity contribution in [2.45, 2.75) is 51.0 Å². The van der Waals surface area contributed by atoms with Gasteiger partial charge in [-0.15, -0.1) is 0 Å². The van der Waals surface area contributed by atoms with Crippen LogP contribution in [0.5, 0.6) is 0 Å². The number of likely N-dealkylation sites (tertiary alicyclic amines) is 1. The third-order valence-corrected chi connectivity index (χ3v) is 5.21. The van der Waals surface area contributed by atoms with Gasteiger partial charge in [0.05, 0.1) is 0 Å². The molecule has 0 bridgehead atoms. The highest BCUT2D eigenvalue weighted by Gasteiger charge is 2.21. The number of amides is 1. The summed E-state index contributed by atoms with van der Waals surface area (Å²) in [6.07, 6.45) is 8.16. The molecule has 1 N–H and O–H groups in total. The van der Waals surface area contributed by atoms with Gasteiger partial charge in [-0.2, -0.15) is 0 Å². The molecule has 2 aliphatic rings. The Bertz CT molecular complexity index is 508. The molecule has 2 saturated heterocycles. The summed E-state index contributed by atoms with van der Waals surface area (Å²) in [5.74, 6) is 0.134. The minimum atomic E-state index is 0.134. The maximum absolute atomic E-state index is 12.3. The summed E-state index contributed by atoms with van der Waals surface area (Å²) < 4.78 is 0. The fraction of sp³-hybridized carbons (Fsp3) is 0.632. The van der Waals surface area contributed by atoms with Crippen LogP contribution in [-0.2, 0) is 4.79 Å². The Hall–Kier alpha value is -1.55. The van der Waals surface area contributed by atoms with Crippen LogP contribution in [0, 0.1) is 0 Å². The number of anilines is 2. The Balaban J connectivity index is 1.52. The first-order chi connectivity index (χ1) is 11.2. The molecule has 0 saturated carbocycles. The van der Waals surface area contributed by atoms with Crippen molar-refractivity contribution in [3.63, 3.8) is 0 Å². The van der Waals surface area contributed by atoms with Crippen molar-refractivity contribution in [2.24, 2.45) is 0 Å². The molecule has 0 aromatic heterocycles. The van der Waals surface area contributed by atoms with Crippen LogP contribution < -0.4 is 10.2 Å². The summed E-state index contributed by atoms with van der Waals surface area (Å²) in [6, 6.07) is 8.73. The van der Waals surface area contributed by atoms with E-state index in [1.54, 1.807) is 0 Å². The second kappa shape index (κ2) is 7.82. The minimum absolute atomic E-state index is 0.134. The zero-order chi connectivity index (χ0) is 16.1. The zero-order valence-corrected chi connectivity index (χ0v) is 14.3. The molecule has 3 rings (SSSR count). The van der Waals surface area contributed by atoms with Gasteiger partial charge in [-0.3, -0.25) is 4.79 Å². The number of nitrogens with zero attached hydrogens (tertiary/aromatic N) is 2. The van der Waals surface area contributed by atoms with Crippen LogP contribution in [0.25, 0.3) is 0 Å². The standard InChI is InChI=1S/C19H29N3O/c1-21-12-6-3-7-18(21)15-19(23)20-16-8-10-17(11-9-16)22-13-4-2-5-14-22/h8-11,18H,2-7,12-15H2,1H3,(H,20,23). The van der Waals surface area contributed by atoms with E-state index < -0.39 is 0 Å². The number of carbonyl (C=O) groups excluding carboxylic acids is 1. The van der Waals surface area contributed by atoms with Crippen LogP contribution in [0.3, 0.4) is 0 Å². The first-order valence-electron chi connectivity index (χ1n) is 9.07. The number of hydrogen-bond donors (Lipinski definition) is 1. The topological polar surface area (TPSA) is 35.6 Å². The number of carbonyl (C=O) groups is 1. The second-order valence-electron chi connectivity index (χ2n) is 6.98. The van der Waals surface area contributed by atoms with Crippen LogP contribution in [0.15, 0.2) is 24.3 Å². The molecule has 0 spiro atoms. The molecule has 2 aliphatic heterocycles. The summed E-state index contributed by atoms with van der Waals surface area (Å²) in [4.78, 5) is 17.0. The van der Waals surface area contributed by atoms with Crippen molar-refractivity contribution in [1.82, 2.24) is 4.90 Å². The SMILES string of the molecule is CN1CCCCC1CC(=O)Nc1ccc(N2CCCCC2)cc1. The van der Waals surface area contributed by atoms with Crippen molar-refractivity contribution >= 4 is 17.3 Å². The molecule has 2 fully saturated rings. The minimum Gasteiger partial charge on any atom is -0.372 e. The van der Waals surface area contributed by atoms with E-state index in [1.165, 1.54) is 37.8 Å². The molecule has 1 unspecified atom stereocenters. The van der Waals surface area contributed by atoms with E-state index in [4.69, 9.17) is 0 Å². The van der Waals surface area contributed by atoms with Crippen LogP contribution >= 0.6 is 0 Å². The lowest BCUT2D eigenvalue weighted by atomic mass is 10.00. The molecule has 1 aromatic carbocycles. The normalized spacial score (nSPS) is 22.8. The van der Waals surface area contributed by atoms with Gasteiger partial charge in [0.1, 0.15) is 0 Å². The molecule has 23 heavy (non-hydrogen) atoms. The maximum Gasteiger partial charge on any atom is 0.225 e. The molecule has 1 amide bonds. The van der Waals surface area contributed by atoms with E-state index in [1.807, 2.05) is 12.1 Å². The second-order valence-corrected chi connectivity index (χ2v) is 6.98. The van der Waals surface area contributed by atoms with Crippen molar-refractivity contribution < 1.29 is 4.79 Å². The van der Waals surface area contributed by atoms with E-state index in [0.717, 1.165) is 31.7 Å². The average Bonchev–Trinajstić information content (AvgIpc) is 2.58. The van der Waals surface area contributed by atoms with Crippen LogP contribution in [0.2, 0.25) is 0 Å². The molecule has 4 nitrogen and oxygen atoms in total. The smallest absolute Gasteiger partial charge is 0.225 e. The largest absolute Gasteiger partial charge is 0.372 e. The van der Waals surface area contributed by atoms with Gasteiger partial charge < -0.3 is 15.1 Å². The van der Waals surface area contributed by atoms with Gasteiger partial charge in [-0.25, -0.2) is 0 Å². The highest BCUT2D eigenvalue weighted by molar-refractivity contribution is 5.91. The number of piperidine rings is 2. The Labute approximate surface area is 139 Å². The maximum atomic E-state index is 12.3. The van der Waals surface area contributed by atoms with E-state index in [9.17, 15) is 4.79 Å². The van der Waals surface area contributed by atoms with Crippen LogP contribution in [0.4, 0.5) is 11.4 Å². The van der Waals surface area contributed by atoms with Gasteiger partial charge in [0.2, 0.25) is 5.91 Å². The van der Waals surface area contributed by atoms with Gasteiger partial charge in [-0.1, -0.05) is 6.42 Å². The van der Waals surface area contributed by atoms with Crippen molar-refractivity contribution in [1.29, 1.82) is 0 Å². The van der Waals surface area contributed by atoms with E-state index in [0.29, 0.717) is 12.5 Å². The first kappa shape index (κ1) is 16.3. The van der Waals surface area contributed by atoms with E-state index in [-0.39, 0.29) is 5.91 Å². The van der Waals surface area contributed by atoms with Crippen LogP contribution in [-0.4, -0.2) is 43.5 Å². The lowest BCUT2D eigenvalue weighted by Gasteiger charge is -2.32. The lowest BCUT2D eigenvalue weighted by Crippen LogP contribution is -2.38. The van der Waals surface area contributed by atoms with E-state index in [2.05, 4.69) is 34.3 Å². The van der Waals surface area contributed by atoms with Gasteiger partial charge in [0.15, 0.2) is 0 Å². The van der Waals surface area contributed by atoms with Gasteiger partial charge >= 0.3 is 0 Å². The van der Waals surface area contributed by atoms with E-state index >= 15 is 0 Å². The molecule has 1 aromatic rings. The summed E-state index contributed by atoms with van der Waals surface area (Å²) >= 11 is 0. The highest BCUT2D eigenvalue weighted by Crippen LogP contribution is 2.22. The number of hydrogen-bond acceptors (Lipinski definition) is 3. The molecular weight excluding hydrogens is 286 g/mol. The molecular formula is C19H29N3O. The van der Waals surface area contributed by atoms with Crippen molar-refractivity contribution in [3.05, 3.63) is 24.3 Å². The monoisotopic (exact) mass is 315 g/mol. The predicted molar refractivity (Wildman–Crippen MR) is 96.0 cm³/mol. The quantitative estimate of drug-likeness (QED) is 0.924. The Morgan fingerprint density at radius 1 is 1.04 bits per heavy atom. The Kier molecular flexibility index (Phi) is 5.55. The molecule has 126 valence electrons. The lowest BCUT2D eigenvalue weighted by molar-refractivity contribution is -0.117. The van der Waals surface area contributed by atoms with Gasteiger partial charge in [-0.05, 0) is 70.0 Å². The summed E-state index contributed by atoms with van der Waals surface area (Å²) in [5, 5.41) is 3.06. The van der Waals surface area contributed by atoms with Crippen LogP contribution in [0.1, 0.15) is 44.9 Å². The summed E-state index contributed by atoms with van der Waals surface area (Å²) in [6.45, 7) is 3.42. The molecule has 0 aliphatic carbocycles. The highest BCUT2D eigenvalue weighted by atomic mass is 16.1. The van der Waals surface area contributed by atoms with Gasteiger partial charge in [0.25, 0.3) is 0 Å². The Morgan fingerprint density at radius 3 is 2.43 bits per heavy atom. The predicted octanol–water partition coefficient (Wildman–Crippen LogP) is 3.49. The van der Waals surface area contributed by atoms with Gasteiger partial charge in [0, 0.05) is 36.9 Å². The first-order valence-corrected chi connectivity index (χ1v) is 9.07. The third-order valence-electron chi connectivity index (χ3n) is 5.21. The molecule has 4 heteroatoms. The summed E-state index contributed by atoms with van der Waals surface area (Å²) in [7, 11) is 2.13. The fourth-order valence-electron chi connectivity index (χ4n) is 3.74. The van der Waals surface area contributed by atoms with Crippen molar-refractivity contribution in [2.75, 3.05) is 36.9 Å². The Morgan fingerprint density at radius 2 is 1.74 bits per heavy atom. The number of rotatable bonds is 4. The fourth-order valence-corrected chi connectivity index (χ4v) is 3.74. The molecule has 1 atom stereocenters. The third kappa shape index (κ3) is 4.47. The average molecular weight is 315 g/mol. The number of nitrogens with one attached hydrogen (secondary N) is 1. The molecule has 2 heterocycles.